The molecule has 0 radical (unpaired) electrons. The van der Waals surface area contributed by atoms with E-state index in [1.165, 1.54) is 0 Å². The highest BCUT2D eigenvalue weighted by atomic mass is 16.3. The van der Waals surface area contributed by atoms with Crippen LogP contribution in [0.4, 0.5) is 0 Å². The minimum atomic E-state index is -0.477. The van der Waals surface area contributed by atoms with Crippen LogP contribution in [0.25, 0.3) is 11.0 Å². The Labute approximate surface area is 123 Å². The number of aliphatic hydroxyl groups excluding tert-OH is 1. The first-order valence-electron chi connectivity index (χ1n) is 7.11. The van der Waals surface area contributed by atoms with Gasteiger partial charge in [0.25, 0.3) is 0 Å². The monoisotopic (exact) mass is 281 g/mol. The van der Waals surface area contributed by atoms with Gasteiger partial charge in [-0.25, -0.2) is 0 Å². The Bertz CT molecular complexity index is 800. The van der Waals surface area contributed by atoms with Gasteiger partial charge in [0, 0.05) is 0 Å². The number of hydrogen-bond acceptors (Lipinski definition) is 2. The Balaban J connectivity index is 2.14. The number of aromatic nitrogens is 2. The number of fused-ring (bicyclic) bond motifs is 1. The van der Waals surface area contributed by atoms with Gasteiger partial charge >= 0.3 is 0 Å². The van der Waals surface area contributed by atoms with Crippen molar-refractivity contribution >= 4 is 11.0 Å². The summed E-state index contributed by atoms with van der Waals surface area (Å²) in [5.41, 5.74) is 3.59. The lowest BCUT2D eigenvalue weighted by molar-refractivity contribution is 0.172. The molecule has 0 spiro atoms. The fourth-order valence-corrected chi connectivity index (χ4v) is 2.67. The van der Waals surface area contributed by atoms with Crippen molar-refractivity contribution in [2.75, 3.05) is 0 Å². The van der Waals surface area contributed by atoms with Crippen molar-refractivity contribution in [1.29, 1.82) is 5.41 Å². The maximum Gasteiger partial charge on any atom is 0.203 e. The zero-order valence-electron chi connectivity index (χ0n) is 12.0. The van der Waals surface area contributed by atoms with Crippen molar-refractivity contribution in [2.45, 2.75) is 26.1 Å². The highest BCUT2D eigenvalue weighted by molar-refractivity contribution is 5.76. The van der Waals surface area contributed by atoms with Crippen molar-refractivity contribution in [3.8, 4) is 0 Å². The van der Waals surface area contributed by atoms with E-state index in [0.29, 0.717) is 18.7 Å². The van der Waals surface area contributed by atoms with E-state index in [9.17, 15) is 5.11 Å². The third kappa shape index (κ3) is 2.62. The normalized spacial score (nSPS) is 12.7. The lowest BCUT2D eigenvalue weighted by Gasteiger charge is -2.07. The molecule has 0 unspecified atom stereocenters. The molecule has 0 fully saturated rings. The summed E-state index contributed by atoms with van der Waals surface area (Å²) in [4.78, 5) is 0. The van der Waals surface area contributed by atoms with Crippen molar-refractivity contribution in [2.24, 2.45) is 0 Å². The third-order valence-electron chi connectivity index (χ3n) is 3.60. The van der Waals surface area contributed by atoms with Gasteiger partial charge in [-0.3, -0.25) is 5.41 Å². The lowest BCUT2D eigenvalue weighted by Crippen LogP contribution is -2.28. The maximum absolute atomic E-state index is 9.68. The zero-order chi connectivity index (χ0) is 14.8. The Morgan fingerprint density at radius 3 is 2.14 bits per heavy atom. The van der Waals surface area contributed by atoms with Gasteiger partial charge in [0.05, 0.1) is 30.2 Å². The van der Waals surface area contributed by atoms with Gasteiger partial charge in [-0.15, -0.1) is 0 Å². The molecule has 0 aliphatic carbocycles. The van der Waals surface area contributed by atoms with Crippen LogP contribution in [0.15, 0.2) is 54.6 Å². The molecule has 21 heavy (non-hydrogen) atoms. The number of rotatable bonds is 4. The summed E-state index contributed by atoms with van der Waals surface area (Å²) in [6.45, 7) is 2.84. The predicted molar refractivity (Wildman–Crippen MR) is 83.0 cm³/mol. The van der Waals surface area contributed by atoms with Crippen molar-refractivity contribution in [3.05, 3.63) is 65.8 Å². The average molecular weight is 281 g/mol. The fourth-order valence-electron chi connectivity index (χ4n) is 2.67. The molecule has 0 bridgehead atoms. The smallest absolute Gasteiger partial charge is 0.203 e. The van der Waals surface area contributed by atoms with Crippen molar-refractivity contribution in [1.82, 2.24) is 9.13 Å². The second kappa shape index (κ2) is 5.58. The highest BCUT2D eigenvalue weighted by Crippen LogP contribution is 2.14. The first kappa shape index (κ1) is 13.6. The van der Waals surface area contributed by atoms with E-state index in [4.69, 9.17) is 5.41 Å². The molecule has 108 valence electrons. The van der Waals surface area contributed by atoms with E-state index < -0.39 is 6.10 Å². The predicted octanol–water partition coefficient (Wildman–Crippen LogP) is 2.35. The largest absolute Gasteiger partial charge is 0.392 e. The van der Waals surface area contributed by atoms with E-state index in [1.807, 2.05) is 51.6 Å². The average Bonchev–Trinajstić information content (AvgIpc) is 2.74. The second-order valence-corrected chi connectivity index (χ2v) is 5.34. The summed E-state index contributed by atoms with van der Waals surface area (Å²) < 4.78 is 3.84. The Hall–Kier alpha value is -2.33. The van der Waals surface area contributed by atoms with Crippen LogP contribution in [0.3, 0.4) is 0 Å². The molecule has 1 aromatic heterocycles. The van der Waals surface area contributed by atoms with Gasteiger partial charge in [0.2, 0.25) is 5.62 Å². The van der Waals surface area contributed by atoms with Gasteiger partial charge in [0.1, 0.15) is 0 Å². The Morgan fingerprint density at radius 1 is 0.952 bits per heavy atom. The van der Waals surface area contributed by atoms with Gasteiger partial charge < -0.3 is 14.2 Å². The molecule has 2 N–H and O–H groups in total. The number of nitrogens with zero attached hydrogens (tertiary/aromatic N) is 2. The van der Waals surface area contributed by atoms with Crippen LogP contribution in [0.2, 0.25) is 0 Å². The first-order chi connectivity index (χ1) is 10.2. The van der Waals surface area contributed by atoms with Crippen LogP contribution in [-0.4, -0.2) is 20.3 Å². The number of benzene rings is 2. The van der Waals surface area contributed by atoms with Crippen LogP contribution in [0.1, 0.15) is 12.5 Å². The SMILES string of the molecule is C[C@@H](O)Cn1c(=N)n(Cc2ccccc2)c2ccccc21. The summed E-state index contributed by atoms with van der Waals surface area (Å²) in [5, 5.41) is 18.1. The fraction of sp³-hybridized carbons (Fsp3) is 0.235. The number of imidazole rings is 1. The van der Waals surface area contributed by atoms with Crippen LogP contribution in [0.5, 0.6) is 0 Å². The lowest BCUT2D eigenvalue weighted by atomic mass is 10.2. The highest BCUT2D eigenvalue weighted by Gasteiger charge is 2.11. The minimum absolute atomic E-state index is 0.418. The molecule has 0 saturated heterocycles. The number of para-hydroxylation sites is 2. The molecular formula is C17H19N3O. The molecule has 1 heterocycles. The van der Waals surface area contributed by atoms with Gasteiger partial charge in [-0.1, -0.05) is 42.5 Å². The molecule has 0 saturated carbocycles. The molecule has 3 aromatic rings. The van der Waals surface area contributed by atoms with Crippen molar-refractivity contribution in [3.63, 3.8) is 0 Å². The van der Waals surface area contributed by atoms with Gasteiger partial charge in [-0.2, -0.15) is 0 Å². The molecule has 0 aliphatic rings. The van der Waals surface area contributed by atoms with E-state index in [0.717, 1.165) is 16.6 Å². The van der Waals surface area contributed by atoms with Crippen LogP contribution >= 0.6 is 0 Å². The van der Waals surface area contributed by atoms with Gasteiger partial charge in [0.15, 0.2) is 0 Å². The molecule has 4 nitrogen and oxygen atoms in total. The quantitative estimate of drug-likeness (QED) is 0.758. The molecule has 0 amide bonds. The van der Waals surface area contributed by atoms with E-state index in [1.54, 1.807) is 6.92 Å². The summed E-state index contributed by atoms with van der Waals surface area (Å²) in [6, 6.07) is 18.1. The first-order valence-corrected chi connectivity index (χ1v) is 7.11. The molecule has 2 aromatic carbocycles. The molecule has 0 aliphatic heterocycles. The topological polar surface area (TPSA) is 53.9 Å². The number of hydrogen-bond donors (Lipinski definition) is 2. The Morgan fingerprint density at radius 2 is 1.52 bits per heavy atom. The number of aliphatic hydroxyl groups is 1. The molecule has 3 rings (SSSR count). The van der Waals surface area contributed by atoms with Gasteiger partial charge in [-0.05, 0) is 24.6 Å². The number of nitrogens with one attached hydrogen (secondary N) is 1. The van der Waals surface area contributed by atoms with E-state index >= 15 is 0 Å². The maximum atomic E-state index is 9.68. The third-order valence-corrected chi connectivity index (χ3v) is 3.60. The van der Waals surface area contributed by atoms with E-state index in [2.05, 4.69) is 12.1 Å². The minimum Gasteiger partial charge on any atom is -0.392 e. The van der Waals surface area contributed by atoms with Crippen molar-refractivity contribution < 1.29 is 5.11 Å². The second-order valence-electron chi connectivity index (χ2n) is 5.34. The van der Waals surface area contributed by atoms with E-state index in [-0.39, 0.29) is 0 Å². The zero-order valence-corrected chi connectivity index (χ0v) is 12.0. The van der Waals surface area contributed by atoms with Crippen LogP contribution < -0.4 is 5.62 Å². The Kier molecular flexibility index (Phi) is 3.62. The standard InChI is InChI=1S/C17H19N3O/c1-13(21)11-19-15-9-5-6-10-16(15)20(17(19)18)12-14-7-3-2-4-8-14/h2-10,13,18,21H,11-12H2,1H3/t13-/m1/s1. The summed E-state index contributed by atoms with van der Waals surface area (Å²) >= 11 is 0. The summed E-state index contributed by atoms with van der Waals surface area (Å²) in [7, 11) is 0. The molecule has 1 atom stereocenters. The molecular weight excluding hydrogens is 262 g/mol. The summed E-state index contributed by atoms with van der Waals surface area (Å²) in [6.07, 6.45) is -0.477. The van der Waals surface area contributed by atoms with Crippen LogP contribution in [-0.2, 0) is 13.1 Å². The van der Waals surface area contributed by atoms with Crippen LogP contribution in [0, 0.1) is 5.41 Å². The summed E-state index contributed by atoms with van der Waals surface area (Å²) in [5.74, 6) is 0. The molecule has 4 heteroatoms.